The van der Waals surface area contributed by atoms with Gasteiger partial charge in [-0.05, 0) is 6.92 Å². The third kappa shape index (κ3) is 7.58. The maximum Gasteiger partial charge on any atom is 0.331 e. The number of nitrogens with one attached hydrogen (secondary N) is 1. The van der Waals surface area contributed by atoms with Crippen LogP contribution in [0.4, 0.5) is 0 Å². The summed E-state index contributed by atoms with van der Waals surface area (Å²) in [7, 11) is 1.36. The lowest BCUT2D eigenvalue weighted by atomic mass is 10.1. The number of amides is 1. The van der Waals surface area contributed by atoms with E-state index in [-0.39, 0.29) is 36.3 Å². The van der Waals surface area contributed by atoms with Crippen LogP contribution < -0.4 is 14.8 Å². The van der Waals surface area contributed by atoms with Crippen LogP contribution in [0.2, 0.25) is 0 Å². The molecule has 1 amide bonds. The standard InChI is InChI=1S/C22H30N2O10/c1-12(2)21(27)34-16-7-9-30-10-15(22(28)33-13(16)3)24-20(26)18-19(32-11-31-14(4)25)17(29-5)6-8-23-18/h6,8,12-13,15-16H,7,9-11H2,1-5H3,(H,24,26)/t13-,15-,16+/m0/s1. The Hall–Kier alpha value is -3.41. The number of esters is 3. The van der Waals surface area contributed by atoms with Gasteiger partial charge >= 0.3 is 17.9 Å². The van der Waals surface area contributed by atoms with Gasteiger partial charge in [-0.3, -0.25) is 14.4 Å². The van der Waals surface area contributed by atoms with Gasteiger partial charge in [0.05, 0.1) is 26.2 Å². The van der Waals surface area contributed by atoms with Crippen molar-refractivity contribution in [1.82, 2.24) is 10.3 Å². The summed E-state index contributed by atoms with van der Waals surface area (Å²) in [5.74, 6) is -2.76. The van der Waals surface area contributed by atoms with Crippen LogP contribution in [0.5, 0.6) is 11.5 Å². The number of carbonyl (C=O) groups is 4. The molecule has 34 heavy (non-hydrogen) atoms. The summed E-state index contributed by atoms with van der Waals surface area (Å²) < 4.78 is 31.7. The summed E-state index contributed by atoms with van der Waals surface area (Å²) in [5.41, 5.74) is -0.198. The second kappa shape index (κ2) is 12.7. The molecule has 0 bridgehead atoms. The molecule has 1 aliphatic heterocycles. The highest BCUT2D eigenvalue weighted by Gasteiger charge is 2.33. The maximum atomic E-state index is 12.9. The number of nitrogens with zero attached hydrogens (tertiary/aromatic N) is 1. The van der Waals surface area contributed by atoms with Crippen molar-refractivity contribution in [3.05, 3.63) is 18.0 Å². The van der Waals surface area contributed by atoms with Crippen molar-refractivity contribution in [3.63, 3.8) is 0 Å². The Morgan fingerprint density at radius 2 is 2.03 bits per heavy atom. The summed E-state index contributed by atoms with van der Waals surface area (Å²) in [5, 5.41) is 2.51. The zero-order valence-corrected chi connectivity index (χ0v) is 19.8. The number of methoxy groups -OCH3 is 1. The van der Waals surface area contributed by atoms with Crippen molar-refractivity contribution < 1.29 is 47.6 Å². The fourth-order valence-electron chi connectivity index (χ4n) is 2.88. The van der Waals surface area contributed by atoms with Gasteiger partial charge < -0.3 is 33.7 Å². The molecule has 0 unspecified atom stereocenters. The molecule has 1 N–H and O–H groups in total. The molecular weight excluding hydrogens is 452 g/mol. The number of pyridine rings is 1. The highest BCUT2D eigenvalue weighted by molar-refractivity contribution is 5.98. The molecule has 1 fully saturated rings. The minimum absolute atomic E-state index is 0.0740. The molecule has 0 spiro atoms. The second-order valence-electron chi connectivity index (χ2n) is 7.75. The predicted octanol–water partition coefficient (Wildman–Crippen LogP) is 1.01. The largest absolute Gasteiger partial charge is 0.493 e. The number of ether oxygens (including phenoxy) is 6. The van der Waals surface area contributed by atoms with Crippen LogP contribution in [0.1, 0.15) is 44.6 Å². The zero-order chi connectivity index (χ0) is 25.3. The molecule has 188 valence electrons. The average molecular weight is 482 g/mol. The maximum absolute atomic E-state index is 12.9. The fraction of sp³-hybridized carbons (Fsp3) is 0.591. The lowest BCUT2D eigenvalue weighted by molar-refractivity contribution is -0.169. The first-order valence-corrected chi connectivity index (χ1v) is 10.7. The molecule has 3 atom stereocenters. The Labute approximate surface area is 197 Å². The van der Waals surface area contributed by atoms with Gasteiger partial charge in [0.15, 0.2) is 23.2 Å². The predicted molar refractivity (Wildman–Crippen MR) is 115 cm³/mol. The van der Waals surface area contributed by atoms with Gasteiger partial charge in [0.1, 0.15) is 12.2 Å². The first kappa shape index (κ1) is 26.8. The second-order valence-corrected chi connectivity index (χ2v) is 7.75. The van der Waals surface area contributed by atoms with Crippen molar-refractivity contribution in [2.45, 2.75) is 52.4 Å². The topological polar surface area (TPSA) is 149 Å². The Morgan fingerprint density at radius 3 is 2.68 bits per heavy atom. The highest BCUT2D eigenvalue weighted by Crippen LogP contribution is 2.29. The van der Waals surface area contributed by atoms with Gasteiger partial charge in [-0.2, -0.15) is 0 Å². The van der Waals surface area contributed by atoms with Crippen LogP contribution in [-0.2, 0) is 33.3 Å². The zero-order valence-electron chi connectivity index (χ0n) is 19.8. The van der Waals surface area contributed by atoms with Crippen molar-refractivity contribution >= 4 is 23.8 Å². The molecule has 1 aromatic rings. The Balaban J connectivity index is 2.14. The van der Waals surface area contributed by atoms with Crippen molar-refractivity contribution in [1.29, 1.82) is 0 Å². The van der Waals surface area contributed by atoms with Crippen molar-refractivity contribution in [2.24, 2.45) is 5.92 Å². The molecule has 0 aliphatic carbocycles. The fourth-order valence-corrected chi connectivity index (χ4v) is 2.88. The normalized spacial score (nSPS) is 20.8. The van der Waals surface area contributed by atoms with Crippen LogP contribution >= 0.6 is 0 Å². The lowest BCUT2D eigenvalue weighted by Crippen LogP contribution is -2.46. The summed E-state index contributed by atoms with van der Waals surface area (Å²) in [6, 6.07) is 0.293. The molecular formula is C22H30N2O10. The summed E-state index contributed by atoms with van der Waals surface area (Å²) in [4.78, 5) is 52.7. The van der Waals surface area contributed by atoms with Crippen LogP contribution in [0.15, 0.2) is 12.3 Å². The van der Waals surface area contributed by atoms with Gasteiger partial charge in [0.25, 0.3) is 5.91 Å². The number of cyclic esters (lactones) is 1. The Bertz CT molecular complexity index is 888. The minimum Gasteiger partial charge on any atom is -0.493 e. The van der Waals surface area contributed by atoms with Gasteiger partial charge in [0, 0.05) is 25.6 Å². The number of aromatic nitrogens is 1. The van der Waals surface area contributed by atoms with Crippen molar-refractivity contribution in [2.75, 3.05) is 27.1 Å². The van der Waals surface area contributed by atoms with Gasteiger partial charge in [-0.15, -0.1) is 0 Å². The van der Waals surface area contributed by atoms with E-state index in [0.29, 0.717) is 6.42 Å². The van der Waals surface area contributed by atoms with Gasteiger partial charge in [-0.1, -0.05) is 13.8 Å². The van der Waals surface area contributed by atoms with E-state index in [1.807, 2.05) is 0 Å². The lowest BCUT2D eigenvalue weighted by Gasteiger charge is -2.24. The monoisotopic (exact) mass is 482 g/mol. The van der Waals surface area contributed by atoms with Gasteiger partial charge in [0.2, 0.25) is 6.79 Å². The molecule has 12 nitrogen and oxygen atoms in total. The SMILES string of the molecule is COc1ccnc(C(=O)N[C@H]2COCC[C@@H](OC(=O)C(C)C)[C@H](C)OC2=O)c1OCOC(C)=O. The third-order valence-corrected chi connectivity index (χ3v) is 4.75. The third-order valence-electron chi connectivity index (χ3n) is 4.75. The smallest absolute Gasteiger partial charge is 0.331 e. The highest BCUT2D eigenvalue weighted by atomic mass is 16.7. The quantitative estimate of drug-likeness (QED) is 0.321. The van der Waals surface area contributed by atoms with Gasteiger partial charge in [-0.25, -0.2) is 9.78 Å². The van der Waals surface area contributed by atoms with E-state index < -0.39 is 48.9 Å². The molecule has 1 saturated heterocycles. The van der Waals surface area contributed by atoms with Crippen molar-refractivity contribution in [3.8, 4) is 11.5 Å². The molecule has 2 rings (SSSR count). The number of hydrogen-bond acceptors (Lipinski definition) is 11. The van der Waals surface area contributed by atoms with E-state index in [9.17, 15) is 19.2 Å². The molecule has 2 heterocycles. The Kier molecular flexibility index (Phi) is 10.0. The number of carbonyl (C=O) groups excluding carboxylic acids is 4. The molecule has 1 aliphatic rings. The van der Waals surface area contributed by atoms with Crippen LogP contribution in [0, 0.1) is 5.92 Å². The molecule has 0 saturated carbocycles. The first-order valence-electron chi connectivity index (χ1n) is 10.7. The molecule has 12 heteroatoms. The van der Waals surface area contributed by atoms with E-state index in [0.717, 1.165) is 0 Å². The Morgan fingerprint density at radius 1 is 1.29 bits per heavy atom. The number of rotatable bonds is 8. The summed E-state index contributed by atoms with van der Waals surface area (Å²) >= 11 is 0. The van der Waals surface area contributed by atoms with E-state index >= 15 is 0 Å². The molecule has 1 aromatic heterocycles. The van der Waals surface area contributed by atoms with Crippen LogP contribution in [0.3, 0.4) is 0 Å². The number of hydrogen-bond donors (Lipinski definition) is 1. The average Bonchev–Trinajstić information content (AvgIpc) is 2.84. The minimum atomic E-state index is -1.16. The van der Waals surface area contributed by atoms with E-state index in [4.69, 9.17) is 28.4 Å². The molecule has 0 radical (unpaired) electrons. The van der Waals surface area contributed by atoms with E-state index in [1.165, 1.54) is 26.3 Å². The van der Waals surface area contributed by atoms with E-state index in [1.54, 1.807) is 20.8 Å². The van der Waals surface area contributed by atoms with Crippen LogP contribution in [0.25, 0.3) is 0 Å². The summed E-state index contributed by atoms with van der Waals surface area (Å²) in [6.07, 6.45) is 0.197. The van der Waals surface area contributed by atoms with Crippen LogP contribution in [-0.4, -0.2) is 74.2 Å². The van der Waals surface area contributed by atoms with E-state index in [2.05, 4.69) is 10.3 Å². The molecule has 0 aromatic carbocycles. The summed E-state index contributed by atoms with van der Waals surface area (Å²) in [6.45, 7) is 5.74. The first-order chi connectivity index (χ1) is 16.1.